The van der Waals surface area contributed by atoms with E-state index in [2.05, 4.69) is 0 Å². The highest BCUT2D eigenvalue weighted by Gasteiger charge is 2.34. The monoisotopic (exact) mass is 318 g/mol. The van der Waals surface area contributed by atoms with Gasteiger partial charge in [-0.3, -0.25) is 4.79 Å². The average Bonchev–Trinajstić information content (AvgIpc) is 2.65. The molecule has 0 atom stereocenters. The normalized spacial score (nSPS) is 15.5. The van der Waals surface area contributed by atoms with E-state index in [1.807, 2.05) is 6.07 Å². The Morgan fingerprint density at radius 1 is 0.875 bits per heavy atom. The van der Waals surface area contributed by atoms with Gasteiger partial charge in [-0.2, -0.15) is 0 Å². The SMILES string of the molecule is [2H]C([2H])([2H])N1c2ccccc2C(C(=O)Oc2ccccc2)c2ccccc21. The highest BCUT2D eigenvalue weighted by Crippen LogP contribution is 2.44. The van der Waals surface area contributed by atoms with Crippen LogP contribution in [0.2, 0.25) is 0 Å². The zero-order valence-electron chi connectivity index (χ0n) is 15.8. The van der Waals surface area contributed by atoms with E-state index in [0.717, 1.165) is 0 Å². The van der Waals surface area contributed by atoms with Gasteiger partial charge in [-0.05, 0) is 35.4 Å². The molecule has 3 heteroatoms. The van der Waals surface area contributed by atoms with E-state index in [0.29, 0.717) is 28.3 Å². The Morgan fingerprint density at radius 2 is 1.42 bits per heavy atom. The fourth-order valence-corrected chi connectivity index (χ4v) is 3.09. The minimum atomic E-state index is -2.37. The minimum Gasteiger partial charge on any atom is -0.426 e. The zero-order chi connectivity index (χ0) is 19.0. The van der Waals surface area contributed by atoms with Crippen molar-refractivity contribution in [2.45, 2.75) is 5.92 Å². The largest absolute Gasteiger partial charge is 0.426 e. The average molecular weight is 318 g/mol. The van der Waals surface area contributed by atoms with Gasteiger partial charge >= 0.3 is 5.97 Å². The number of benzene rings is 3. The van der Waals surface area contributed by atoms with Crippen LogP contribution in [0.15, 0.2) is 78.9 Å². The van der Waals surface area contributed by atoms with Crippen molar-refractivity contribution in [2.75, 3.05) is 11.9 Å². The van der Waals surface area contributed by atoms with E-state index in [1.165, 1.54) is 4.90 Å². The summed E-state index contributed by atoms with van der Waals surface area (Å²) in [7, 11) is 0. The molecule has 0 saturated carbocycles. The summed E-state index contributed by atoms with van der Waals surface area (Å²) in [6.45, 7) is -2.37. The van der Waals surface area contributed by atoms with Crippen molar-refractivity contribution in [3.8, 4) is 5.75 Å². The number of fused-ring (bicyclic) bond motifs is 2. The molecule has 0 fully saturated rings. The molecule has 0 bridgehead atoms. The van der Waals surface area contributed by atoms with Gasteiger partial charge in [0.25, 0.3) is 0 Å². The van der Waals surface area contributed by atoms with E-state index in [1.54, 1.807) is 72.8 Å². The second-order valence-electron chi connectivity index (χ2n) is 5.62. The third kappa shape index (κ3) is 2.35. The van der Waals surface area contributed by atoms with Crippen LogP contribution in [0.3, 0.4) is 0 Å². The molecule has 3 aromatic rings. The Hall–Kier alpha value is -3.07. The summed E-state index contributed by atoms with van der Waals surface area (Å²) in [6, 6.07) is 23.0. The summed E-state index contributed by atoms with van der Waals surface area (Å²) in [5.74, 6) is -0.682. The Labute approximate surface area is 145 Å². The first-order valence-electron chi connectivity index (χ1n) is 9.21. The molecule has 0 aromatic heterocycles. The van der Waals surface area contributed by atoms with Crippen LogP contribution in [0, 0.1) is 0 Å². The second-order valence-corrected chi connectivity index (χ2v) is 5.62. The van der Waals surface area contributed by atoms with Crippen LogP contribution in [0.4, 0.5) is 11.4 Å². The highest BCUT2D eigenvalue weighted by atomic mass is 16.5. The van der Waals surface area contributed by atoms with Crippen LogP contribution in [0.5, 0.6) is 5.75 Å². The lowest BCUT2D eigenvalue weighted by molar-refractivity contribution is -0.135. The van der Waals surface area contributed by atoms with Crippen LogP contribution >= 0.6 is 0 Å². The molecule has 4 rings (SSSR count). The first kappa shape index (κ1) is 11.5. The molecule has 1 heterocycles. The number of para-hydroxylation sites is 3. The lowest BCUT2D eigenvalue weighted by Gasteiger charge is -2.34. The molecule has 3 nitrogen and oxygen atoms in total. The van der Waals surface area contributed by atoms with E-state index in [-0.39, 0.29) is 0 Å². The lowest BCUT2D eigenvalue weighted by atomic mass is 9.85. The molecule has 0 unspecified atom stereocenters. The Bertz CT molecular complexity index is 938. The molecular formula is C21H17NO2. The van der Waals surface area contributed by atoms with Crippen LogP contribution in [0.25, 0.3) is 0 Å². The number of nitrogens with zero attached hydrogens (tertiary/aromatic N) is 1. The van der Waals surface area contributed by atoms with Crippen molar-refractivity contribution in [3.63, 3.8) is 0 Å². The fraction of sp³-hybridized carbons (Fsp3) is 0.0952. The highest BCUT2D eigenvalue weighted by molar-refractivity contribution is 5.92. The first-order valence-corrected chi connectivity index (χ1v) is 7.71. The maximum Gasteiger partial charge on any atom is 0.323 e. The van der Waals surface area contributed by atoms with Gasteiger partial charge in [0.1, 0.15) is 11.7 Å². The Morgan fingerprint density at radius 3 is 2.00 bits per heavy atom. The number of carbonyl (C=O) groups excluding carboxylic acids is 1. The summed E-state index contributed by atoms with van der Waals surface area (Å²) in [4.78, 5) is 14.4. The van der Waals surface area contributed by atoms with Gasteiger partial charge in [0.2, 0.25) is 0 Å². The number of esters is 1. The molecular weight excluding hydrogens is 298 g/mol. The summed E-state index contributed by atoms with van der Waals surface area (Å²) >= 11 is 0. The number of hydrogen-bond acceptors (Lipinski definition) is 3. The molecule has 24 heavy (non-hydrogen) atoms. The molecule has 1 aliphatic rings. The Balaban J connectivity index is 1.85. The number of anilines is 2. The number of ether oxygens (including phenoxy) is 1. The topological polar surface area (TPSA) is 29.5 Å². The Kier molecular flexibility index (Phi) is 2.80. The van der Waals surface area contributed by atoms with E-state index in [4.69, 9.17) is 8.85 Å². The van der Waals surface area contributed by atoms with Crippen molar-refractivity contribution in [3.05, 3.63) is 90.0 Å². The molecule has 1 aliphatic heterocycles. The van der Waals surface area contributed by atoms with Gasteiger partial charge < -0.3 is 9.64 Å². The predicted molar refractivity (Wildman–Crippen MR) is 94.9 cm³/mol. The second kappa shape index (κ2) is 5.85. The number of carbonyl (C=O) groups is 1. The number of rotatable bonds is 2. The van der Waals surface area contributed by atoms with Crippen molar-refractivity contribution >= 4 is 17.3 Å². The minimum absolute atomic E-state index is 0.439. The van der Waals surface area contributed by atoms with Crippen molar-refractivity contribution in [2.24, 2.45) is 0 Å². The molecule has 0 N–H and O–H groups in total. The van der Waals surface area contributed by atoms with Crippen molar-refractivity contribution in [1.82, 2.24) is 0 Å². The molecule has 0 saturated heterocycles. The predicted octanol–water partition coefficient (Wildman–Crippen LogP) is 4.51. The summed E-state index contributed by atoms with van der Waals surface area (Å²) in [5.41, 5.74) is 2.22. The van der Waals surface area contributed by atoms with E-state index >= 15 is 0 Å². The smallest absolute Gasteiger partial charge is 0.323 e. The summed E-state index contributed by atoms with van der Waals surface area (Å²) in [6.07, 6.45) is 0. The molecule has 0 amide bonds. The maximum absolute atomic E-state index is 13.1. The quantitative estimate of drug-likeness (QED) is 0.514. The van der Waals surface area contributed by atoms with Gasteiger partial charge in [-0.15, -0.1) is 0 Å². The van der Waals surface area contributed by atoms with Crippen LogP contribution < -0.4 is 9.64 Å². The van der Waals surface area contributed by atoms with Gasteiger partial charge in [-0.25, -0.2) is 0 Å². The summed E-state index contributed by atoms with van der Waals surface area (Å²) in [5, 5.41) is 0. The lowest BCUT2D eigenvalue weighted by Crippen LogP contribution is -2.28. The van der Waals surface area contributed by atoms with Crippen LogP contribution in [-0.2, 0) is 4.79 Å². The van der Waals surface area contributed by atoms with Crippen LogP contribution in [0.1, 0.15) is 21.2 Å². The van der Waals surface area contributed by atoms with Crippen LogP contribution in [-0.4, -0.2) is 12.9 Å². The molecule has 0 spiro atoms. The molecule has 0 aliphatic carbocycles. The van der Waals surface area contributed by atoms with Gasteiger partial charge in [0.05, 0.1) is 0 Å². The zero-order valence-corrected chi connectivity index (χ0v) is 12.8. The van der Waals surface area contributed by atoms with E-state index < -0.39 is 18.9 Å². The summed E-state index contributed by atoms with van der Waals surface area (Å²) < 4.78 is 29.5. The van der Waals surface area contributed by atoms with Gasteiger partial charge in [-0.1, -0.05) is 54.6 Å². The van der Waals surface area contributed by atoms with Crippen molar-refractivity contribution < 1.29 is 13.6 Å². The third-order valence-corrected chi connectivity index (χ3v) is 4.17. The first-order chi connectivity index (χ1) is 13.0. The standard InChI is InChI=1S/C21H17NO2/c1-22-18-13-7-5-11-16(18)20(17-12-6-8-14-19(17)22)21(23)24-15-9-3-2-4-10-15/h2-14,20H,1H3/i1D3. The molecule has 0 radical (unpaired) electrons. The van der Waals surface area contributed by atoms with Crippen molar-refractivity contribution in [1.29, 1.82) is 0 Å². The maximum atomic E-state index is 13.1. The van der Waals surface area contributed by atoms with Gasteiger partial charge in [0.15, 0.2) is 0 Å². The molecule has 3 aromatic carbocycles. The van der Waals surface area contributed by atoms with Gasteiger partial charge in [0, 0.05) is 22.5 Å². The third-order valence-electron chi connectivity index (χ3n) is 4.17. The number of hydrogen-bond donors (Lipinski definition) is 0. The molecule has 118 valence electrons. The fourth-order valence-electron chi connectivity index (χ4n) is 3.09. The van der Waals surface area contributed by atoms with E-state index in [9.17, 15) is 4.79 Å².